The van der Waals surface area contributed by atoms with E-state index in [0.29, 0.717) is 0 Å². The lowest BCUT2D eigenvalue weighted by Gasteiger charge is -2.28. The zero-order chi connectivity index (χ0) is 16.4. The van der Waals surface area contributed by atoms with Gasteiger partial charge in [0.25, 0.3) is 0 Å². The van der Waals surface area contributed by atoms with E-state index in [0.717, 1.165) is 0 Å². The number of aromatic amines is 1. The molecule has 9 nitrogen and oxygen atoms in total. The number of aromatic nitrogens is 1. The number of H-pyrrole nitrogens is 1. The van der Waals surface area contributed by atoms with Crippen molar-refractivity contribution in [1.29, 1.82) is 0 Å². The van der Waals surface area contributed by atoms with Crippen LogP contribution in [-0.4, -0.2) is 65.2 Å². The van der Waals surface area contributed by atoms with Crippen molar-refractivity contribution in [3.05, 3.63) is 17.0 Å². The molecule has 0 radical (unpaired) electrons. The van der Waals surface area contributed by atoms with Gasteiger partial charge in [0, 0.05) is 11.3 Å². The van der Waals surface area contributed by atoms with E-state index in [4.69, 9.17) is 20.4 Å². The number of aliphatic hydroxyl groups is 3. The number of hydrogen-bond acceptors (Lipinski definition) is 6. The highest BCUT2D eigenvalue weighted by Crippen LogP contribution is 2.24. The van der Waals surface area contributed by atoms with Crippen LogP contribution in [0.15, 0.2) is 4.90 Å². The highest BCUT2D eigenvalue weighted by atomic mass is 32.2. The predicted octanol–water partition coefficient (Wildman–Crippen LogP) is -1.68. The minimum absolute atomic E-state index is 0.00443. The van der Waals surface area contributed by atoms with Crippen LogP contribution in [-0.2, 0) is 10.0 Å². The van der Waals surface area contributed by atoms with Gasteiger partial charge in [-0.2, -0.15) is 4.72 Å². The van der Waals surface area contributed by atoms with Gasteiger partial charge in [0.2, 0.25) is 10.0 Å². The summed E-state index contributed by atoms with van der Waals surface area (Å²) in [5.74, 6) is -1.31. The Labute approximate surface area is 121 Å². The summed E-state index contributed by atoms with van der Waals surface area (Å²) in [5, 5.41) is 36.5. The average molecular weight is 322 g/mol. The SMILES string of the molecule is Cc1[nH]c(C(=O)O)c(C)c1S(=O)(=O)NC(CO)(CO)CO. The third-order valence-corrected chi connectivity index (χ3v) is 4.96. The molecular weight excluding hydrogens is 304 g/mol. The van der Waals surface area contributed by atoms with E-state index in [1.807, 2.05) is 4.72 Å². The van der Waals surface area contributed by atoms with Crippen molar-refractivity contribution in [3.8, 4) is 0 Å². The second kappa shape index (κ2) is 6.12. The molecule has 120 valence electrons. The first kappa shape index (κ1) is 17.6. The fourth-order valence-electron chi connectivity index (χ4n) is 1.93. The Morgan fingerprint density at radius 1 is 1.19 bits per heavy atom. The molecule has 21 heavy (non-hydrogen) atoms. The molecule has 0 spiro atoms. The lowest BCUT2D eigenvalue weighted by atomic mass is 10.1. The highest BCUT2D eigenvalue weighted by molar-refractivity contribution is 7.89. The van der Waals surface area contributed by atoms with Crippen LogP contribution in [0.2, 0.25) is 0 Å². The minimum Gasteiger partial charge on any atom is -0.477 e. The first-order valence-electron chi connectivity index (χ1n) is 5.93. The molecule has 0 bridgehead atoms. The first-order valence-corrected chi connectivity index (χ1v) is 7.41. The van der Waals surface area contributed by atoms with Crippen molar-refractivity contribution in [2.24, 2.45) is 0 Å². The summed E-state index contributed by atoms with van der Waals surface area (Å²) in [5.41, 5.74) is -2.01. The molecule has 6 N–H and O–H groups in total. The lowest BCUT2D eigenvalue weighted by molar-refractivity contribution is 0.0581. The number of aromatic carboxylic acids is 1. The van der Waals surface area contributed by atoms with Crippen LogP contribution in [0.4, 0.5) is 0 Å². The van der Waals surface area contributed by atoms with Gasteiger partial charge < -0.3 is 25.4 Å². The maximum atomic E-state index is 12.3. The maximum absolute atomic E-state index is 12.3. The molecule has 0 amide bonds. The summed E-state index contributed by atoms with van der Waals surface area (Å²) in [7, 11) is -4.25. The molecular formula is C11H18N2O7S. The third-order valence-electron chi connectivity index (χ3n) is 3.11. The number of carboxylic acid groups (broad SMARTS) is 1. The molecule has 0 aliphatic rings. The fraction of sp³-hybridized carbons (Fsp3) is 0.545. The lowest BCUT2D eigenvalue weighted by Crippen LogP contribution is -2.56. The summed E-state index contributed by atoms with van der Waals surface area (Å²) in [6.45, 7) is 0.223. The molecule has 1 heterocycles. The van der Waals surface area contributed by atoms with E-state index in [2.05, 4.69) is 4.98 Å². The van der Waals surface area contributed by atoms with Crippen LogP contribution in [0.3, 0.4) is 0 Å². The fourth-order valence-corrected chi connectivity index (χ4v) is 3.76. The molecule has 0 unspecified atom stereocenters. The molecule has 0 saturated carbocycles. The van der Waals surface area contributed by atoms with Crippen LogP contribution in [0.5, 0.6) is 0 Å². The van der Waals surface area contributed by atoms with Crippen molar-refractivity contribution >= 4 is 16.0 Å². The quantitative estimate of drug-likeness (QED) is 0.349. The molecule has 1 rings (SSSR count). The van der Waals surface area contributed by atoms with Crippen molar-refractivity contribution in [2.45, 2.75) is 24.3 Å². The Morgan fingerprint density at radius 2 is 1.67 bits per heavy atom. The van der Waals surface area contributed by atoms with Gasteiger partial charge in [-0.15, -0.1) is 0 Å². The monoisotopic (exact) mass is 322 g/mol. The number of carbonyl (C=O) groups is 1. The number of aryl methyl sites for hydroxylation is 1. The van der Waals surface area contributed by atoms with Crippen molar-refractivity contribution in [2.75, 3.05) is 19.8 Å². The second-order valence-electron chi connectivity index (χ2n) is 4.74. The Morgan fingerprint density at radius 3 is 2.00 bits per heavy atom. The van der Waals surface area contributed by atoms with E-state index in [9.17, 15) is 13.2 Å². The molecule has 0 saturated heterocycles. The van der Waals surface area contributed by atoms with E-state index in [1.165, 1.54) is 13.8 Å². The minimum atomic E-state index is -4.25. The van der Waals surface area contributed by atoms with Crippen LogP contribution >= 0.6 is 0 Å². The van der Waals surface area contributed by atoms with Crippen molar-refractivity contribution in [3.63, 3.8) is 0 Å². The summed E-state index contributed by atoms with van der Waals surface area (Å²) < 4.78 is 26.7. The van der Waals surface area contributed by atoms with Gasteiger partial charge in [-0.05, 0) is 13.8 Å². The molecule has 0 aliphatic carbocycles. The van der Waals surface area contributed by atoms with Crippen molar-refractivity contribution < 1.29 is 33.6 Å². The molecule has 1 aromatic heterocycles. The van der Waals surface area contributed by atoms with E-state index in [1.54, 1.807) is 0 Å². The maximum Gasteiger partial charge on any atom is 0.352 e. The number of rotatable bonds is 7. The zero-order valence-corrected chi connectivity index (χ0v) is 12.4. The standard InChI is InChI=1S/C11H18N2O7S/c1-6-8(10(17)18)12-7(2)9(6)21(19,20)13-11(3-14,4-15)5-16/h12-16H,3-5H2,1-2H3,(H,17,18). The summed E-state index contributed by atoms with van der Waals surface area (Å²) in [6.07, 6.45) is 0. The summed E-state index contributed by atoms with van der Waals surface area (Å²) >= 11 is 0. The number of hydrogen-bond donors (Lipinski definition) is 6. The molecule has 0 fully saturated rings. The normalized spacial score (nSPS) is 12.6. The Kier molecular flexibility index (Phi) is 5.12. The Bertz CT molecular complexity index is 623. The van der Waals surface area contributed by atoms with Gasteiger partial charge in [-0.25, -0.2) is 13.2 Å². The molecule has 10 heteroatoms. The Balaban J connectivity index is 3.36. The average Bonchev–Trinajstić information content (AvgIpc) is 2.72. The van der Waals surface area contributed by atoms with Crippen LogP contribution < -0.4 is 4.72 Å². The van der Waals surface area contributed by atoms with E-state index >= 15 is 0 Å². The van der Waals surface area contributed by atoms with Gasteiger partial charge >= 0.3 is 5.97 Å². The highest BCUT2D eigenvalue weighted by Gasteiger charge is 2.36. The van der Waals surface area contributed by atoms with E-state index in [-0.39, 0.29) is 21.8 Å². The second-order valence-corrected chi connectivity index (χ2v) is 6.36. The van der Waals surface area contributed by atoms with Crippen molar-refractivity contribution in [1.82, 2.24) is 9.71 Å². The van der Waals surface area contributed by atoms with Crippen LogP contribution in [0, 0.1) is 13.8 Å². The molecule has 0 aromatic carbocycles. The third kappa shape index (κ3) is 3.24. The first-order chi connectivity index (χ1) is 9.64. The molecule has 0 aliphatic heterocycles. The van der Waals surface area contributed by atoms with Gasteiger partial charge in [0.15, 0.2) is 0 Å². The van der Waals surface area contributed by atoms with Crippen LogP contribution in [0.25, 0.3) is 0 Å². The largest absolute Gasteiger partial charge is 0.477 e. The van der Waals surface area contributed by atoms with Crippen LogP contribution in [0.1, 0.15) is 21.7 Å². The van der Waals surface area contributed by atoms with Gasteiger partial charge in [-0.1, -0.05) is 0 Å². The van der Waals surface area contributed by atoms with Gasteiger partial charge in [0.1, 0.15) is 16.1 Å². The molecule has 1 aromatic rings. The summed E-state index contributed by atoms with van der Waals surface area (Å²) in [4.78, 5) is 13.2. The smallest absolute Gasteiger partial charge is 0.352 e. The number of aliphatic hydroxyl groups excluding tert-OH is 3. The number of nitrogens with one attached hydrogen (secondary N) is 2. The zero-order valence-electron chi connectivity index (χ0n) is 11.5. The predicted molar refractivity (Wildman–Crippen MR) is 71.5 cm³/mol. The van der Waals surface area contributed by atoms with Gasteiger partial charge in [-0.3, -0.25) is 0 Å². The topological polar surface area (TPSA) is 160 Å². The number of carboxylic acids is 1. The Hall–Kier alpha value is -1.46. The van der Waals surface area contributed by atoms with E-state index < -0.39 is 41.4 Å². The molecule has 0 atom stereocenters. The summed E-state index contributed by atoms with van der Waals surface area (Å²) in [6, 6.07) is 0. The number of sulfonamides is 1. The van der Waals surface area contributed by atoms with Gasteiger partial charge in [0.05, 0.1) is 19.8 Å².